The van der Waals surface area contributed by atoms with Gasteiger partial charge in [0.15, 0.2) is 0 Å². The maximum atomic E-state index is 13.8. The number of hydrogen-bond donors (Lipinski definition) is 0. The molecule has 0 atom stereocenters. The molecule has 0 N–H and O–H groups in total. The van der Waals surface area contributed by atoms with Crippen LogP contribution in [-0.4, -0.2) is 16.8 Å². The zero-order chi connectivity index (χ0) is 26.2. The van der Waals surface area contributed by atoms with Gasteiger partial charge in [0.05, 0.1) is 0 Å². The molecule has 38 heavy (non-hydrogen) atoms. The summed E-state index contributed by atoms with van der Waals surface area (Å²) in [6.07, 6.45) is 6.93. The minimum atomic E-state index is -5.58. The van der Waals surface area contributed by atoms with Crippen molar-refractivity contribution in [3.05, 3.63) is 147 Å². The van der Waals surface area contributed by atoms with Crippen molar-refractivity contribution < 1.29 is 31.8 Å². The van der Waals surface area contributed by atoms with Crippen molar-refractivity contribution in [1.82, 2.24) is 0 Å². The van der Waals surface area contributed by atoms with Gasteiger partial charge in [0.1, 0.15) is 0 Å². The number of hydrogen-bond acceptors (Lipinski definition) is 4. The molecule has 0 saturated heterocycles. The molecule has 2 aliphatic rings. The molecule has 4 aromatic rings. The second-order valence-corrected chi connectivity index (χ2v) is 16.2. The van der Waals surface area contributed by atoms with Gasteiger partial charge >= 0.3 is 224 Å². The van der Waals surface area contributed by atoms with E-state index in [0.717, 1.165) is 24.4 Å². The molecule has 0 aliphatic heterocycles. The van der Waals surface area contributed by atoms with Crippen LogP contribution in [0.4, 0.5) is 0 Å². The molecule has 0 radical (unpaired) electrons. The third kappa shape index (κ3) is 3.94. The summed E-state index contributed by atoms with van der Waals surface area (Å²) in [6, 6.07) is 31.8. The zero-order valence-corrected chi connectivity index (χ0v) is 22.4. The van der Waals surface area contributed by atoms with E-state index in [2.05, 4.69) is 18.2 Å². The van der Waals surface area contributed by atoms with Gasteiger partial charge in [0, 0.05) is 0 Å². The summed E-state index contributed by atoms with van der Waals surface area (Å²) in [4.78, 5) is 32.3. The van der Waals surface area contributed by atoms with E-state index in [1.807, 2.05) is 54.6 Å². The van der Waals surface area contributed by atoms with Crippen LogP contribution in [0.15, 0.2) is 125 Å². The van der Waals surface area contributed by atoms with Crippen LogP contribution < -0.4 is 3.87 Å². The Balaban J connectivity index is 1.60. The van der Waals surface area contributed by atoms with Gasteiger partial charge in [0.2, 0.25) is 0 Å². The summed E-state index contributed by atoms with van der Waals surface area (Å²) < 4.78 is 14.6. The zero-order valence-electron chi connectivity index (χ0n) is 20.8. The molecule has 0 aromatic heterocycles. The van der Waals surface area contributed by atoms with Crippen molar-refractivity contribution in [1.29, 1.82) is 0 Å². The van der Waals surface area contributed by atoms with E-state index >= 15 is 0 Å². The number of rotatable bonds is 6. The third-order valence-corrected chi connectivity index (χ3v) is 14.4. The van der Waals surface area contributed by atoms with Gasteiger partial charge in [-0.1, -0.05) is 0 Å². The van der Waals surface area contributed by atoms with Gasteiger partial charge in [-0.05, 0) is 0 Å². The summed E-state index contributed by atoms with van der Waals surface area (Å²) >= 11 is -5.58. The first-order valence-electron chi connectivity index (χ1n) is 12.6. The molecule has 0 unspecified atom stereocenters. The maximum absolute atomic E-state index is 13.8. The molecule has 0 saturated carbocycles. The molecule has 5 heteroatoms. The van der Waals surface area contributed by atoms with Crippen molar-refractivity contribution in [2.75, 3.05) is 0 Å². The van der Waals surface area contributed by atoms with Crippen molar-refractivity contribution in [2.45, 2.75) is 12.8 Å². The second-order valence-electron chi connectivity index (χ2n) is 9.76. The number of carbonyl (C=O) groups excluding carboxylic acids is 2. The minimum absolute atomic E-state index is 0.379. The van der Waals surface area contributed by atoms with E-state index in [0.29, 0.717) is 24.0 Å². The second kappa shape index (κ2) is 9.32. The van der Waals surface area contributed by atoms with Crippen molar-refractivity contribution >= 4 is 20.6 Å². The molecular formula is C33H26O4Ti. The number of benzene rings is 4. The number of carbonyl (C=O) groups is 2. The Hall–Kier alpha value is -4.12. The van der Waals surface area contributed by atoms with Crippen molar-refractivity contribution in [3.63, 3.8) is 0 Å². The molecule has 2 aliphatic carbocycles. The summed E-state index contributed by atoms with van der Waals surface area (Å²) in [6.45, 7) is 0. The Morgan fingerprint density at radius 1 is 0.684 bits per heavy atom. The molecule has 0 bridgehead atoms. The first-order chi connectivity index (χ1) is 18.5. The van der Waals surface area contributed by atoms with Gasteiger partial charge in [-0.3, -0.25) is 0 Å². The van der Waals surface area contributed by atoms with Gasteiger partial charge in [-0.25, -0.2) is 0 Å². The third-order valence-electron chi connectivity index (χ3n) is 7.45. The predicted molar refractivity (Wildman–Crippen MR) is 147 cm³/mol. The summed E-state index contributed by atoms with van der Waals surface area (Å²) in [5, 5.41) is 0. The predicted octanol–water partition coefficient (Wildman–Crippen LogP) is 6.39. The SMILES string of the molecule is [CH2]=[Ti]([O]C(=O)c1ccccc1)([O]C(=O)c1ccccc1)([C]1=CC=CC1)[c]1cccc2c1Cc1ccccc1-2. The fourth-order valence-corrected chi connectivity index (χ4v) is 12.0. The monoisotopic (exact) mass is 534 g/mol. The van der Waals surface area contributed by atoms with Gasteiger partial charge < -0.3 is 0 Å². The summed E-state index contributed by atoms with van der Waals surface area (Å²) in [7, 11) is 0. The Labute approximate surface area is 223 Å². The molecule has 186 valence electrons. The Morgan fingerprint density at radius 2 is 1.26 bits per heavy atom. The quantitative estimate of drug-likeness (QED) is 0.237. The summed E-state index contributed by atoms with van der Waals surface area (Å²) in [5.41, 5.74) is 5.12. The van der Waals surface area contributed by atoms with Crippen LogP contribution in [0.2, 0.25) is 0 Å². The molecule has 4 nitrogen and oxygen atoms in total. The van der Waals surface area contributed by atoms with Crippen LogP contribution in [0.3, 0.4) is 0 Å². The average molecular weight is 534 g/mol. The molecule has 4 aromatic carbocycles. The molecule has 0 heterocycles. The Morgan fingerprint density at radius 3 is 1.87 bits per heavy atom. The average Bonchev–Trinajstić information content (AvgIpc) is 3.63. The van der Waals surface area contributed by atoms with Gasteiger partial charge in [0.25, 0.3) is 0 Å². The Bertz CT molecular complexity index is 1640. The molecule has 0 fully saturated rings. The van der Waals surface area contributed by atoms with E-state index < -0.39 is 27.6 Å². The van der Waals surface area contributed by atoms with Crippen molar-refractivity contribution in [3.8, 4) is 11.1 Å². The standard InChI is InChI=1S/C13H9.2C7H6O2.C5H5.CH2.Ti/c1-3-7-12-10(5-1)9-11-6-2-4-8-13(11)12;2*8-7(9)6-4-2-1-3-5-6;1-2-4-5-3-1;;/h1-5,7-8H,9H2;2*1-5H,(H,8,9);1-3H,4H2;1H2;/q;;;;;+2/p-2. The fraction of sp³-hybridized carbons (Fsp3) is 0.0606. The van der Waals surface area contributed by atoms with E-state index in [9.17, 15) is 9.59 Å². The molecular weight excluding hydrogens is 508 g/mol. The van der Waals surface area contributed by atoms with E-state index in [-0.39, 0.29) is 0 Å². The van der Waals surface area contributed by atoms with Crippen LogP contribution in [-0.2, 0) is 28.7 Å². The molecule has 6 rings (SSSR count). The van der Waals surface area contributed by atoms with Crippen molar-refractivity contribution in [2.24, 2.45) is 0 Å². The van der Waals surface area contributed by atoms with Gasteiger partial charge in [-0.2, -0.15) is 0 Å². The van der Waals surface area contributed by atoms with Gasteiger partial charge in [-0.15, -0.1) is 0 Å². The first kappa shape index (κ1) is 24.2. The van der Waals surface area contributed by atoms with Crippen LogP contribution in [0.5, 0.6) is 0 Å². The molecule has 0 spiro atoms. The first-order valence-corrected chi connectivity index (χ1v) is 16.6. The van der Waals surface area contributed by atoms with Crippen LogP contribution in [0.25, 0.3) is 11.1 Å². The van der Waals surface area contributed by atoms with E-state index in [1.54, 1.807) is 48.5 Å². The topological polar surface area (TPSA) is 52.6 Å². The fourth-order valence-electron chi connectivity index (χ4n) is 5.55. The van der Waals surface area contributed by atoms with Crippen LogP contribution in [0.1, 0.15) is 38.3 Å². The summed E-state index contributed by atoms with van der Waals surface area (Å²) in [5.74, 6) is -1.11. The van der Waals surface area contributed by atoms with E-state index in [4.69, 9.17) is 11.5 Å². The van der Waals surface area contributed by atoms with E-state index in [1.165, 1.54) is 5.56 Å². The number of allylic oxidation sites excluding steroid dienone is 4. The Kier molecular flexibility index (Phi) is 5.95. The van der Waals surface area contributed by atoms with Crippen LogP contribution in [0, 0.1) is 0 Å². The van der Waals surface area contributed by atoms with Crippen LogP contribution >= 0.6 is 0 Å². The molecule has 0 amide bonds. The number of fused-ring (bicyclic) bond motifs is 3. The normalized spacial score (nSPS) is 13.9.